The van der Waals surface area contributed by atoms with Gasteiger partial charge in [0.25, 0.3) is 0 Å². The molecule has 0 saturated heterocycles. The molecule has 0 spiro atoms. The maximum atomic E-state index is 9.81. The zero-order valence-corrected chi connectivity index (χ0v) is 13.1. The van der Waals surface area contributed by atoms with Gasteiger partial charge in [0.05, 0.1) is 6.10 Å². The molecule has 0 aliphatic rings. The Balaban J connectivity index is 3.48. The van der Waals surface area contributed by atoms with Crippen LogP contribution < -0.4 is 0 Å². The summed E-state index contributed by atoms with van der Waals surface area (Å²) in [6.45, 7) is 4.40. The highest BCUT2D eigenvalue weighted by Crippen LogP contribution is 2.18. The average molecular weight is 305 g/mol. The van der Waals surface area contributed by atoms with Crippen molar-refractivity contribution in [1.82, 2.24) is 0 Å². The van der Waals surface area contributed by atoms with Crippen LogP contribution in [0.4, 0.5) is 0 Å². The Hall–Kier alpha value is 0.180. The Bertz CT molecular complexity index is 189. The molecule has 0 rings (SSSR count). The average Bonchev–Trinajstić information content (AvgIpc) is 2.34. The summed E-state index contributed by atoms with van der Waals surface area (Å²) < 4.78 is 0.986. The van der Waals surface area contributed by atoms with E-state index < -0.39 is 0 Å². The minimum Gasteiger partial charge on any atom is -0.388 e. The SMILES string of the molecule is CCCCCCCC/C=C(\Br)C(O)CCCC. The Morgan fingerprint density at radius 3 is 2.24 bits per heavy atom. The largest absolute Gasteiger partial charge is 0.388 e. The highest BCUT2D eigenvalue weighted by molar-refractivity contribution is 9.11. The molecule has 1 nitrogen and oxygen atoms in total. The minimum atomic E-state index is -0.282. The van der Waals surface area contributed by atoms with E-state index in [1.54, 1.807) is 0 Å². The number of hydrogen-bond donors (Lipinski definition) is 1. The van der Waals surface area contributed by atoms with Crippen LogP contribution in [-0.2, 0) is 0 Å². The third-order valence-electron chi connectivity index (χ3n) is 3.05. The monoisotopic (exact) mass is 304 g/mol. The summed E-state index contributed by atoms with van der Waals surface area (Å²) in [7, 11) is 0. The molecule has 0 aliphatic carbocycles. The van der Waals surface area contributed by atoms with Gasteiger partial charge in [0.15, 0.2) is 0 Å². The maximum absolute atomic E-state index is 9.81. The fourth-order valence-corrected chi connectivity index (χ4v) is 2.29. The molecule has 0 aromatic rings. The predicted octanol–water partition coefficient (Wildman–Crippen LogP) is 5.57. The molecule has 0 radical (unpaired) electrons. The van der Waals surface area contributed by atoms with Crippen LogP contribution in [0.15, 0.2) is 10.6 Å². The van der Waals surface area contributed by atoms with E-state index in [4.69, 9.17) is 0 Å². The van der Waals surface area contributed by atoms with Crippen molar-refractivity contribution < 1.29 is 5.11 Å². The lowest BCUT2D eigenvalue weighted by molar-refractivity contribution is 0.206. The van der Waals surface area contributed by atoms with E-state index >= 15 is 0 Å². The summed E-state index contributed by atoms with van der Waals surface area (Å²) >= 11 is 3.48. The summed E-state index contributed by atoms with van der Waals surface area (Å²) in [5.74, 6) is 0. The standard InChI is InChI=1S/C15H29BrO/c1-3-5-7-8-9-10-11-12-14(16)15(17)13-6-4-2/h12,15,17H,3-11,13H2,1-2H3/b14-12-. The predicted molar refractivity (Wildman–Crippen MR) is 80.5 cm³/mol. The number of rotatable bonds is 11. The Labute approximate surface area is 116 Å². The normalized spacial score (nSPS) is 14.0. The lowest BCUT2D eigenvalue weighted by Crippen LogP contribution is -2.05. The van der Waals surface area contributed by atoms with Gasteiger partial charge >= 0.3 is 0 Å². The highest BCUT2D eigenvalue weighted by atomic mass is 79.9. The maximum Gasteiger partial charge on any atom is 0.0851 e. The number of aliphatic hydroxyl groups is 1. The topological polar surface area (TPSA) is 20.2 Å². The first kappa shape index (κ1) is 17.2. The van der Waals surface area contributed by atoms with Crippen molar-refractivity contribution in [3.05, 3.63) is 10.6 Å². The summed E-state index contributed by atoms with van der Waals surface area (Å²) in [4.78, 5) is 0. The molecule has 0 aliphatic heterocycles. The quantitative estimate of drug-likeness (QED) is 0.495. The van der Waals surface area contributed by atoms with Crippen LogP contribution in [0, 0.1) is 0 Å². The van der Waals surface area contributed by atoms with Gasteiger partial charge in [0.1, 0.15) is 0 Å². The number of unbranched alkanes of at least 4 members (excludes halogenated alkanes) is 7. The molecule has 2 heteroatoms. The van der Waals surface area contributed by atoms with E-state index in [0.717, 1.165) is 30.2 Å². The summed E-state index contributed by atoms with van der Waals surface area (Å²) in [6.07, 6.45) is 14.1. The lowest BCUT2D eigenvalue weighted by Gasteiger charge is -2.08. The van der Waals surface area contributed by atoms with E-state index in [1.807, 2.05) is 0 Å². The molecule has 17 heavy (non-hydrogen) atoms. The smallest absolute Gasteiger partial charge is 0.0851 e. The summed E-state index contributed by atoms with van der Waals surface area (Å²) in [5.41, 5.74) is 0. The fraction of sp³-hybridized carbons (Fsp3) is 0.867. The van der Waals surface area contributed by atoms with Crippen molar-refractivity contribution >= 4 is 15.9 Å². The van der Waals surface area contributed by atoms with Gasteiger partial charge in [-0.05, 0) is 19.3 Å². The molecule has 0 amide bonds. The van der Waals surface area contributed by atoms with Crippen LogP contribution in [0.1, 0.15) is 78.1 Å². The molecule has 0 aromatic carbocycles. The van der Waals surface area contributed by atoms with Crippen molar-refractivity contribution in [3.63, 3.8) is 0 Å². The van der Waals surface area contributed by atoms with Crippen LogP contribution in [0.25, 0.3) is 0 Å². The van der Waals surface area contributed by atoms with Crippen LogP contribution in [0.5, 0.6) is 0 Å². The molecular formula is C15H29BrO. The molecule has 0 aromatic heterocycles. The second-order valence-electron chi connectivity index (χ2n) is 4.80. The molecular weight excluding hydrogens is 276 g/mol. The van der Waals surface area contributed by atoms with Gasteiger partial charge in [0.2, 0.25) is 0 Å². The molecule has 1 unspecified atom stereocenters. The van der Waals surface area contributed by atoms with Crippen LogP contribution in [-0.4, -0.2) is 11.2 Å². The van der Waals surface area contributed by atoms with E-state index in [-0.39, 0.29) is 6.10 Å². The van der Waals surface area contributed by atoms with E-state index in [1.165, 1.54) is 38.5 Å². The molecule has 1 N–H and O–H groups in total. The minimum absolute atomic E-state index is 0.282. The van der Waals surface area contributed by atoms with E-state index in [9.17, 15) is 5.11 Å². The molecule has 102 valence electrons. The Morgan fingerprint density at radius 1 is 1.00 bits per heavy atom. The molecule has 0 saturated carbocycles. The summed E-state index contributed by atoms with van der Waals surface area (Å²) in [5, 5.41) is 9.81. The third kappa shape index (κ3) is 11.0. The van der Waals surface area contributed by atoms with Gasteiger partial charge in [-0.1, -0.05) is 80.8 Å². The first-order chi connectivity index (χ1) is 8.22. The molecule has 0 bridgehead atoms. The van der Waals surface area contributed by atoms with Crippen molar-refractivity contribution in [1.29, 1.82) is 0 Å². The number of aliphatic hydroxyl groups excluding tert-OH is 1. The zero-order chi connectivity index (χ0) is 12.9. The van der Waals surface area contributed by atoms with Crippen LogP contribution in [0.3, 0.4) is 0 Å². The number of allylic oxidation sites excluding steroid dienone is 1. The van der Waals surface area contributed by atoms with E-state index in [2.05, 4.69) is 35.9 Å². The number of hydrogen-bond acceptors (Lipinski definition) is 1. The molecule has 0 fully saturated rings. The van der Waals surface area contributed by atoms with Crippen molar-refractivity contribution in [2.45, 2.75) is 84.2 Å². The second-order valence-corrected chi connectivity index (χ2v) is 5.72. The van der Waals surface area contributed by atoms with Gasteiger partial charge in [-0.15, -0.1) is 0 Å². The third-order valence-corrected chi connectivity index (χ3v) is 3.90. The molecule has 1 atom stereocenters. The van der Waals surface area contributed by atoms with Crippen molar-refractivity contribution in [2.75, 3.05) is 0 Å². The van der Waals surface area contributed by atoms with Crippen molar-refractivity contribution in [2.24, 2.45) is 0 Å². The summed E-state index contributed by atoms with van der Waals surface area (Å²) in [6, 6.07) is 0. The van der Waals surface area contributed by atoms with Crippen molar-refractivity contribution in [3.8, 4) is 0 Å². The van der Waals surface area contributed by atoms with Gasteiger partial charge in [0, 0.05) is 4.48 Å². The lowest BCUT2D eigenvalue weighted by atomic mass is 10.1. The fourth-order valence-electron chi connectivity index (χ4n) is 1.84. The molecule has 0 heterocycles. The van der Waals surface area contributed by atoms with Crippen LogP contribution in [0.2, 0.25) is 0 Å². The first-order valence-electron chi connectivity index (χ1n) is 7.26. The van der Waals surface area contributed by atoms with Gasteiger partial charge in [-0.25, -0.2) is 0 Å². The van der Waals surface area contributed by atoms with Gasteiger partial charge < -0.3 is 5.11 Å². The second kappa shape index (κ2) is 12.6. The van der Waals surface area contributed by atoms with Crippen LogP contribution >= 0.6 is 15.9 Å². The zero-order valence-electron chi connectivity index (χ0n) is 11.6. The highest BCUT2D eigenvalue weighted by Gasteiger charge is 2.06. The Morgan fingerprint density at radius 2 is 1.59 bits per heavy atom. The Kier molecular flexibility index (Phi) is 12.8. The van der Waals surface area contributed by atoms with Gasteiger partial charge in [-0.3, -0.25) is 0 Å². The van der Waals surface area contributed by atoms with Gasteiger partial charge in [-0.2, -0.15) is 0 Å². The first-order valence-corrected chi connectivity index (χ1v) is 8.05. The van der Waals surface area contributed by atoms with E-state index in [0.29, 0.717) is 0 Å². The number of halogens is 1.